The van der Waals surface area contributed by atoms with Crippen LogP contribution in [0, 0.1) is 11.8 Å². The number of benzene rings is 1. The lowest BCUT2D eigenvalue weighted by Crippen LogP contribution is -2.34. The van der Waals surface area contributed by atoms with Gasteiger partial charge in [-0.05, 0) is 30.0 Å². The Morgan fingerprint density at radius 3 is 2.33 bits per heavy atom. The summed E-state index contributed by atoms with van der Waals surface area (Å²) in [6.07, 6.45) is 0. The normalized spacial score (nSPS) is 11.4. The Balaban J connectivity index is 2.49. The summed E-state index contributed by atoms with van der Waals surface area (Å²) in [5, 5.41) is 8.96. The minimum atomic E-state index is -0.929. The fraction of sp³-hybridized carbons (Fsp3) is 0.588. The number of hydrogen-bond acceptors (Lipinski definition) is 3. The minimum absolute atomic E-state index is 0.258. The number of rotatable bonds is 9. The van der Waals surface area contributed by atoms with Crippen LogP contribution in [0.25, 0.3) is 0 Å². The van der Waals surface area contributed by atoms with E-state index in [4.69, 9.17) is 9.84 Å². The molecule has 1 aromatic carbocycles. The Bertz CT molecular complexity index is 433. The first-order valence-corrected chi connectivity index (χ1v) is 7.57. The fourth-order valence-corrected chi connectivity index (χ4v) is 2.30. The van der Waals surface area contributed by atoms with Crippen molar-refractivity contribution in [3.05, 3.63) is 29.8 Å². The Morgan fingerprint density at radius 1 is 1.19 bits per heavy atom. The zero-order valence-electron chi connectivity index (χ0n) is 13.5. The topological polar surface area (TPSA) is 49.8 Å². The van der Waals surface area contributed by atoms with Gasteiger partial charge in [0.2, 0.25) is 0 Å². The Morgan fingerprint density at radius 2 is 1.81 bits per heavy atom. The van der Waals surface area contributed by atoms with Crippen molar-refractivity contribution in [1.82, 2.24) is 4.90 Å². The molecule has 0 aliphatic heterocycles. The highest BCUT2D eigenvalue weighted by Crippen LogP contribution is 2.13. The van der Waals surface area contributed by atoms with Crippen molar-refractivity contribution >= 4 is 5.97 Å². The van der Waals surface area contributed by atoms with Crippen LogP contribution in [0.15, 0.2) is 24.3 Å². The number of ether oxygens (including phenoxy) is 1. The van der Waals surface area contributed by atoms with E-state index in [0.717, 1.165) is 19.6 Å². The van der Waals surface area contributed by atoms with Crippen molar-refractivity contribution in [2.24, 2.45) is 11.8 Å². The fourth-order valence-electron chi connectivity index (χ4n) is 2.30. The van der Waals surface area contributed by atoms with Gasteiger partial charge in [0, 0.05) is 19.6 Å². The van der Waals surface area contributed by atoms with Crippen LogP contribution in [-0.4, -0.2) is 42.2 Å². The molecule has 1 aromatic rings. The molecule has 0 saturated carbocycles. The molecule has 0 amide bonds. The van der Waals surface area contributed by atoms with E-state index >= 15 is 0 Å². The second kappa shape index (κ2) is 8.67. The Kier molecular flexibility index (Phi) is 7.23. The predicted molar refractivity (Wildman–Crippen MR) is 85.0 cm³/mol. The zero-order valence-corrected chi connectivity index (χ0v) is 13.5. The van der Waals surface area contributed by atoms with E-state index in [2.05, 4.69) is 32.6 Å². The average molecular weight is 293 g/mol. The van der Waals surface area contributed by atoms with E-state index < -0.39 is 5.97 Å². The standard InChI is InChI=1S/C17H27NO3/c1-13(2)11-18(12-14(3)4)8-9-21-16-7-5-6-15(10-16)17(19)20/h5-7,10,13-14H,8-9,11-12H2,1-4H3,(H,19,20). The van der Waals surface area contributed by atoms with Gasteiger partial charge in [0.1, 0.15) is 12.4 Å². The lowest BCUT2D eigenvalue weighted by molar-refractivity contribution is 0.0696. The monoisotopic (exact) mass is 293 g/mol. The van der Waals surface area contributed by atoms with E-state index in [0.29, 0.717) is 24.2 Å². The van der Waals surface area contributed by atoms with Crippen molar-refractivity contribution in [3.63, 3.8) is 0 Å². The van der Waals surface area contributed by atoms with Crippen molar-refractivity contribution in [1.29, 1.82) is 0 Å². The van der Waals surface area contributed by atoms with Crippen molar-refractivity contribution in [2.75, 3.05) is 26.2 Å². The molecule has 0 aliphatic rings. The number of nitrogens with zero attached hydrogens (tertiary/aromatic N) is 1. The number of hydrogen-bond donors (Lipinski definition) is 1. The number of aromatic carboxylic acids is 1. The van der Waals surface area contributed by atoms with Gasteiger partial charge in [-0.25, -0.2) is 4.79 Å². The van der Waals surface area contributed by atoms with Crippen LogP contribution in [0.2, 0.25) is 0 Å². The molecule has 0 saturated heterocycles. The van der Waals surface area contributed by atoms with Gasteiger partial charge in [0.05, 0.1) is 5.56 Å². The highest BCUT2D eigenvalue weighted by molar-refractivity contribution is 5.87. The molecule has 0 heterocycles. The smallest absolute Gasteiger partial charge is 0.335 e. The molecule has 0 unspecified atom stereocenters. The van der Waals surface area contributed by atoms with Crippen molar-refractivity contribution in [2.45, 2.75) is 27.7 Å². The third kappa shape index (κ3) is 7.14. The minimum Gasteiger partial charge on any atom is -0.492 e. The summed E-state index contributed by atoms with van der Waals surface area (Å²) in [7, 11) is 0. The van der Waals surface area contributed by atoms with Crippen molar-refractivity contribution < 1.29 is 14.6 Å². The first-order valence-electron chi connectivity index (χ1n) is 7.57. The summed E-state index contributed by atoms with van der Waals surface area (Å²) in [5.74, 6) is 0.934. The molecule has 1 rings (SSSR count). The molecule has 0 bridgehead atoms. The van der Waals surface area contributed by atoms with E-state index in [1.807, 2.05) is 0 Å². The van der Waals surface area contributed by atoms with E-state index in [1.54, 1.807) is 24.3 Å². The van der Waals surface area contributed by atoms with E-state index in [9.17, 15) is 4.79 Å². The molecule has 0 aromatic heterocycles. The first kappa shape index (κ1) is 17.5. The second-order valence-corrected chi connectivity index (χ2v) is 6.23. The molecule has 4 heteroatoms. The Labute approximate surface area is 127 Å². The lowest BCUT2D eigenvalue weighted by Gasteiger charge is -2.26. The van der Waals surface area contributed by atoms with Crippen molar-refractivity contribution in [3.8, 4) is 5.75 Å². The Hall–Kier alpha value is -1.55. The molecule has 0 radical (unpaired) electrons. The zero-order chi connectivity index (χ0) is 15.8. The van der Waals surface area contributed by atoms with Crippen LogP contribution in [-0.2, 0) is 0 Å². The first-order chi connectivity index (χ1) is 9.88. The highest BCUT2D eigenvalue weighted by Gasteiger charge is 2.10. The third-order valence-electron chi connectivity index (χ3n) is 3.00. The van der Waals surface area contributed by atoms with Crippen LogP contribution in [0.4, 0.5) is 0 Å². The molecule has 4 nitrogen and oxygen atoms in total. The maximum absolute atomic E-state index is 10.9. The number of carboxylic acids is 1. The molecular weight excluding hydrogens is 266 g/mol. The van der Waals surface area contributed by atoms with Gasteiger partial charge >= 0.3 is 5.97 Å². The molecular formula is C17H27NO3. The summed E-state index contributed by atoms with van der Waals surface area (Å²) < 4.78 is 5.69. The summed E-state index contributed by atoms with van der Waals surface area (Å²) in [4.78, 5) is 13.3. The third-order valence-corrected chi connectivity index (χ3v) is 3.00. The lowest BCUT2D eigenvalue weighted by atomic mass is 10.1. The molecule has 1 N–H and O–H groups in total. The van der Waals surface area contributed by atoms with Gasteiger partial charge < -0.3 is 9.84 Å². The maximum atomic E-state index is 10.9. The van der Waals surface area contributed by atoms with Crippen LogP contribution in [0.5, 0.6) is 5.75 Å². The quantitative estimate of drug-likeness (QED) is 0.758. The summed E-state index contributed by atoms with van der Waals surface area (Å²) in [5.41, 5.74) is 0.258. The van der Waals surface area contributed by atoms with Gasteiger partial charge in [0.25, 0.3) is 0 Å². The van der Waals surface area contributed by atoms with Gasteiger partial charge in [0.15, 0.2) is 0 Å². The molecule has 0 aliphatic carbocycles. The summed E-state index contributed by atoms with van der Waals surface area (Å²) >= 11 is 0. The highest BCUT2D eigenvalue weighted by atomic mass is 16.5. The second-order valence-electron chi connectivity index (χ2n) is 6.23. The van der Waals surface area contributed by atoms with Crippen LogP contribution >= 0.6 is 0 Å². The molecule has 118 valence electrons. The molecule has 0 atom stereocenters. The number of carboxylic acid groups (broad SMARTS) is 1. The van der Waals surface area contributed by atoms with Crippen LogP contribution in [0.1, 0.15) is 38.1 Å². The van der Waals surface area contributed by atoms with Gasteiger partial charge in [-0.2, -0.15) is 0 Å². The summed E-state index contributed by atoms with van der Waals surface area (Å²) in [6.45, 7) is 12.4. The van der Waals surface area contributed by atoms with E-state index in [-0.39, 0.29) is 5.56 Å². The van der Waals surface area contributed by atoms with Gasteiger partial charge in [-0.15, -0.1) is 0 Å². The summed E-state index contributed by atoms with van der Waals surface area (Å²) in [6, 6.07) is 6.64. The van der Waals surface area contributed by atoms with Crippen LogP contribution in [0.3, 0.4) is 0 Å². The van der Waals surface area contributed by atoms with Gasteiger partial charge in [-0.3, -0.25) is 4.90 Å². The average Bonchev–Trinajstić information content (AvgIpc) is 2.37. The van der Waals surface area contributed by atoms with E-state index in [1.165, 1.54) is 0 Å². The number of carbonyl (C=O) groups is 1. The molecule has 0 fully saturated rings. The SMILES string of the molecule is CC(C)CN(CCOc1cccc(C(=O)O)c1)CC(C)C. The molecule has 0 spiro atoms. The molecule has 21 heavy (non-hydrogen) atoms. The van der Waals surface area contributed by atoms with Crippen LogP contribution < -0.4 is 4.74 Å². The predicted octanol–water partition coefficient (Wildman–Crippen LogP) is 3.38. The van der Waals surface area contributed by atoms with Gasteiger partial charge in [-0.1, -0.05) is 33.8 Å². The maximum Gasteiger partial charge on any atom is 0.335 e. The largest absolute Gasteiger partial charge is 0.492 e.